The first-order valence-corrected chi connectivity index (χ1v) is 4.36. The van der Waals surface area contributed by atoms with E-state index in [0.29, 0.717) is 6.54 Å². The van der Waals surface area contributed by atoms with Gasteiger partial charge in [0.15, 0.2) is 5.96 Å². The molecule has 0 amide bonds. The Morgan fingerprint density at radius 3 is 2.58 bits per heavy atom. The molecule has 0 aliphatic heterocycles. The topological polar surface area (TPSA) is 47.9 Å². The molecule has 12 heavy (non-hydrogen) atoms. The van der Waals surface area contributed by atoms with Crippen molar-refractivity contribution in [2.75, 3.05) is 33.3 Å². The van der Waals surface area contributed by atoms with Gasteiger partial charge >= 0.3 is 0 Å². The number of hydrogen-bond donors (Lipinski definition) is 2. The van der Waals surface area contributed by atoms with Crippen LogP contribution in [-0.4, -0.2) is 49.3 Å². The predicted molar refractivity (Wildman–Crippen MR) is 51.4 cm³/mol. The van der Waals surface area contributed by atoms with Crippen molar-refractivity contribution in [1.29, 1.82) is 0 Å². The van der Waals surface area contributed by atoms with Gasteiger partial charge in [-0.1, -0.05) is 0 Å². The van der Waals surface area contributed by atoms with Crippen molar-refractivity contribution in [1.82, 2.24) is 10.2 Å². The van der Waals surface area contributed by atoms with Crippen molar-refractivity contribution >= 4 is 5.96 Å². The normalized spacial score (nSPS) is 11.5. The molecule has 4 heteroatoms. The van der Waals surface area contributed by atoms with E-state index in [2.05, 4.69) is 17.2 Å². The molecule has 0 unspecified atom stereocenters. The molecule has 0 aliphatic rings. The number of nitrogens with one attached hydrogen (secondary N) is 1. The number of aliphatic hydroxyl groups is 1. The van der Waals surface area contributed by atoms with Gasteiger partial charge < -0.3 is 15.3 Å². The van der Waals surface area contributed by atoms with E-state index in [9.17, 15) is 0 Å². The summed E-state index contributed by atoms with van der Waals surface area (Å²) in [6.07, 6.45) is 0. The van der Waals surface area contributed by atoms with E-state index in [4.69, 9.17) is 5.11 Å². The van der Waals surface area contributed by atoms with Gasteiger partial charge in [-0.15, -0.1) is 0 Å². The molecule has 0 saturated heterocycles. The molecule has 72 valence electrons. The summed E-state index contributed by atoms with van der Waals surface area (Å²) in [4.78, 5) is 6.20. The lowest BCUT2D eigenvalue weighted by molar-refractivity contribution is 0.305. The summed E-state index contributed by atoms with van der Waals surface area (Å²) < 4.78 is 0. The van der Waals surface area contributed by atoms with Crippen LogP contribution in [0, 0.1) is 0 Å². The lowest BCUT2D eigenvalue weighted by Gasteiger charge is -2.19. The van der Waals surface area contributed by atoms with Crippen LogP contribution in [0.25, 0.3) is 0 Å². The van der Waals surface area contributed by atoms with Gasteiger partial charge in [-0.3, -0.25) is 4.99 Å². The van der Waals surface area contributed by atoms with Gasteiger partial charge in [-0.05, 0) is 13.8 Å². The summed E-state index contributed by atoms with van der Waals surface area (Å²) in [6.45, 7) is 6.43. The molecule has 0 aromatic heterocycles. The third-order valence-electron chi connectivity index (χ3n) is 1.53. The Hall–Kier alpha value is -0.770. The van der Waals surface area contributed by atoms with E-state index in [1.165, 1.54) is 0 Å². The van der Waals surface area contributed by atoms with Crippen LogP contribution in [0.3, 0.4) is 0 Å². The third-order valence-corrected chi connectivity index (χ3v) is 1.53. The highest BCUT2D eigenvalue weighted by Gasteiger charge is 2.00. The zero-order chi connectivity index (χ0) is 9.40. The molecule has 0 aromatic carbocycles. The van der Waals surface area contributed by atoms with Crippen molar-refractivity contribution in [3.05, 3.63) is 0 Å². The lowest BCUT2D eigenvalue weighted by atomic mass is 10.6. The Morgan fingerprint density at radius 2 is 2.17 bits per heavy atom. The maximum atomic E-state index is 8.58. The largest absolute Gasteiger partial charge is 0.394 e. The van der Waals surface area contributed by atoms with Crippen LogP contribution in [0.2, 0.25) is 0 Å². The Kier molecular flexibility index (Phi) is 6.47. The average molecular weight is 173 g/mol. The number of aliphatic hydroxyl groups excluding tert-OH is 1. The highest BCUT2D eigenvalue weighted by atomic mass is 16.3. The van der Waals surface area contributed by atoms with Gasteiger partial charge in [0.25, 0.3) is 0 Å². The van der Waals surface area contributed by atoms with E-state index in [1.807, 2.05) is 18.9 Å². The monoisotopic (exact) mass is 173 g/mol. The fourth-order valence-electron chi connectivity index (χ4n) is 0.775. The van der Waals surface area contributed by atoms with Gasteiger partial charge in [0.1, 0.15) is 0 Å². The van der Waals surface area contributed by atoms with E-state index in [1.54, 1.807) is 0 Å². The molecule has 0 rings (SSSR count). The second-order valence-corrected chi connectivity index (χ2v) is 2.47. The second-order valence-electron chi connectivity index (χ2n) is 2.47. The van der Waals surface area contributed by atoms with Crippen LogP contribution in [-0.2, 0) is 0 Å². The van der Waals surface area contributed by atoms with Gasteiger partial charge in [-0.2, -0.15) is 0 Å². The fraction of sp³-hybridized carbons (Fsp3) is 0.875. The first kappa shape index (κ1) is 11.2. The van der Waals surface area contributed by atoms with E-state index in [0.717, 1.165) is 19.0 Å². The molecule has 0 spiro atoms. The van der Waals surface area contributed by atoms with E-state index < -0.39 is 0 Å². The molecular weight excluding hydrogens is 154 g/mol. The average Bonchev–Trinajstić information content (AvgIpc) is 2.11. The van der Waals surface area contributed by atoms with Gasteiger partial charge in [0.05, 0.1) is 13.2 Å². The Labute approximate surface area is 74.3 Å². The van der Waals surface area contributed by atoms with Crippen molar-refractivity contribution in [3.63, 3.8) is 0 Å². The Morgan fingerprint density at radius 1 is 1.50 bits per heavy atom. The maximum Gasteiger partial charge on any atom is 0.193 e. The first-order valence-electron chi connectivity index (χ1n) is 4.36. The van der Waals surface area contributed by atoms with Crippen LogP contribution in [0.15, 0.2) is 4.99 Å². The zero-order valence-corrected chi connectivity index (χ0v) is 8.17. The minimum absolute atomic E-state index is 0.104. The zero-order valence-electron chi connectivity index (χ0n) is 8.17. The van der Waals surface area contributed by atoms with Crippen LogP contribution < -0.4 is 5.32 Å². The maximum absolute atomic E-state index is 8.58. The van der Waals surface area contributed by atoms with Gasteiger partial charge in [0.2, 0.25) is 0 Å². The van der Waals surface area contributed by atoms with Crippen molar-refractivity contribution in [3.8, 4) is 0 Å². The summed E-state index contributed by atoms with van der Waals surface area (Å²) >= 11 is 0. The van der Waals surface area contributed by atoms with Crippen molar-refractivity contribution < 1.29 is 5.11 Å². The minimum atomic E-state index is 0.104. The van der Waals surface area contributed by atoms with Gasteiger partial charge in [-0.25, -0.2) is 0 Å². The highest BCUT2D eigenvalue weighted by molar-refractivity contribution is 5.79. The fourth-order valence-corrected chi connectivity index (χ4v) is 0.775. The standard InChI is InChI=1S/C8H19N3O/c1-4-9-8(10-6-7-12)11(3)5-2/h12H,4-7H2,1-3H3,(H,9,10). The van der Waals surface area contributed by atoms with E-state index >= 15 is 0 Å². The summed E-state index contributed by atoms with van der Waals surface area (Å²) in [5, 5.41) is 11.7. The number of rotatable bonds is 4. The summed E-state index contributed by atoms with van der Waals surface area (Å²) in [7, 11) is 1.97. The molecule has 0 atom stereocenters. The Balaban J connectivity index is 4.01. The minimum Gasteiger partial charge on any atom is -0.394 e. The number of hydrogen-bond acceptors (Lipinski definition) is 2. The highest BCUT2D eigenvalue weighted by Crippen LogP contribution is 1.84. The molecule has 0 aromatic rings. The molecule has 2 N–H and O–H groups in total. The predicted octanol–water partition coefficient (Wildman–Crippen LogP) is -0.104. The smallest absolute Gasteiger partial charge is 0.193 e. The molecule has 0 heterocycles. The molecule has 0 bridgehead atoms. The van der Waals surface area contributed by atoms with Crippen LogP contribution in [0.5, 0.6) is 0 Å². The first-order chi connectivity index (χ1) is 5.76. The van der Waals surface area contributed by atoms with E-state index in [-0.39, 0.29) is 6.61 Å². The number of aliphatic imine (C=N–C) groups is 1. The molecule has 0 saturated carbocycles. The van der Waals surface area contributed by atoms with Gasteiger partial charge in [0, 0.05) is 20.1 Å². The lowest BCUT2D eigenvalue weighted by Crippen LogP contribution is -2.38. The molecular formula is C8H19N3O. The molecule has 4 nitrogen and oxygen atoms in total. The van der Waals surface area contributed by atoms with Crippen molar-refractivity contribution in [2.24, 2.45) is 4.99 Å². The van der Waals surface area contributed by atoms with Crippen LogP contribution >= 0.6 is 0 Å². The number of guanidine groups is 1. The molecule has 0 fully saturated rings. The Bertz CT molecular complexity index is 136. The SMILES string of the molecule is CCNC(=NCCO)N(C)CC. The van der Waals surface area contributed by atoms with Crippen LogP contribution in [0.4, 0.5) is 0 Å². The quantitative estimate of drug-likeness (QED) is 0.461. The summed E-state index contributed by atoms with van der Waals surface area (Å²) in [5.74, 6) is 0.856. The molecule has 0 radical (unpaired) electrons. The van der Waals surface area contributed by atoms with Crippen LogP contribution in [0.1, 0.15) is 13.8 Å². The number of nitrogens with zero attached hydrogens (tertiary/aromatic N) is 2. The third kappa shape index (κ3) is 4.18. The summed E-state index contributed by atoms with van der Waals surface area (Å²) in [6, 6.07) is 0. The summed E-state index contributed by atoms with van der Waals surface area (Å²) in [5.41, 5.74) is 0. The molecule has 0 aliphatic carbocycles. The van der Waals surface area contributed by atoms with Crippen molar-refractivity contribution in [2.45, 2.75) is 13.8 Å². The second kappa shape index (κ2) is 6.91.